The number of nitrogens with one attached hydrogen (secondary N) is 1. The van der Waals surface area contributed by atoms with Gasteiger partial charge in [-0.2, -0.15) is 0 Å². The Bertz CT molecular complexity index is 738. The lowest BCUT2D eigenvalue weighted by atomic mass is 10.2. The molecule has 0 saturated carbocycles. The zero-order chi connectivity index (χ0) is 16.8. The quantitative estimate of drug-likeness (QED) is 0.831. The highest BCUT2D eigenvalue weighted by atomic mass is 19.1. The fraction of sp³-hybridized carbons (Fsp3) is 0.353. The van der Waals surface area contributed by atoms with Crippen molar-refractivity contribution in [3.8, 4) is 11.4 Å². The minimum atomic E-state index is -0.368. The summed E-state index contributed by atoms with van der Waals surface area (Å²) in [6.07, 6.45) is 1.87. The first kappa shape index (κ1) is 16.9. The average Bonchev–Trinajstić information content (AvgIpc) is 2.51. The van der Waals surface area contributed by atoms with Crippen LogP contribution in [0, 0.1) is 12.7 Å². The molecule has 0 aliphatic carbocycles. The summed E-state index contributed by atoms with van der Waals surface area (Å²) in [5.74, 6) is -0.247. The molecule has 1 N–H and O–H groups in total. The summed E-state index contributed by atoms with van der Waals surface area (Å²) in [6.45, 7) is 4.21. The molecule has 6 heteroatoms. The number of carbonyl (C=O) groups excluding carboxylic acids is 1. The standard InChI is InChI=1S/C17H20FN3O2/c1-3-4-9-19-15(22)11-21-16(23)10-12(2)20-17(21)13-5-7-14(18)8-6-13/h5-8,10H,3-4,9,11H2,1-2H3,(H,19,22). The van der Waals surface area contributed by atoms with E-state index in [4.69, 9.17) is 0 Å². The zero-order valence-corrected chi connectivity index (χ0v) is 13.3. The maximum absolute atomic E-state index is 13.1. The van der Waals surface area contributed by atoms with Crippen LogP contribution in [0.4, 0.5) is 4.39 Å². The van der Waals surface area contributed by atoms with E-state index in [0.29, 0.717) is 23.6 Å². The summed E-state index contributed by atoms with van der Waals surface area (Å²) < 4.78 is 14.4. The van der Waals surface area contributed by atoms with Crippen molar-refractivity contribution in [2.75, 3.05) is 6.54 Å². The zero-order valence-electron chi connectivity index (χ0n) is 13.3. The molecular formula is C17H20FN3O2. The van der Waals surface area contributed by atoms with Crippen molar-refractivity contribution in [2.45, 2.75) is 33.2 Å². The number of benzene rings is 1. The monoisotopic (exact) mass is 317 g/mol. The molecule has 122 valence electrons. The third kappa shape index (κ3) is 4.48. The molecule has 0 atom stereocenters. The third-order valence-corrected chi connectivity index (χ3v) is 3.39. The number of unbranched alkanes of at least 4 members (excludes halogenated alkanes) is 1. The second-order valence-corrected chi connectivity index (χ2v) is 5.36. The van der Waals surface area contributed by atoms with Gasteiger partial charge in [-0.15, -0.1) is 0 Å². The molecule has 0 unspecified atom stereocenters. The number of nitrogens with zero attached hydrogens (tertiary/aromatic N) is 2. The van der Waals surface area contributed by atoms with Gasteiger partial charge in [0.2, 0.25) is 5.91 Å². The van der Waals surface area contributed by atoms with Crippen LogP contribution in [-0.4, -0.2) is 22.0 Å². The van der Waals surface area contributed by atoms with Crippen molar-refractivity contribution in [1.29, 1.82) is 0 Å². The minimum absolute atomic E-state index is 0.109. The van der Waals surface area contributed by atoms with E-state index < -0.39 is 0 Å². The van der Waals surface area contributed by atoms with E-state index in [1.165, 1.54) is 22.8 Å². The molecule has 0 spiro atoms. The summed E-state index contributed by atoms with van der Waals surface area (Å²) in [4.78, 5) is 28.6. The van der Waals surface area contributed by atoms with Crippen LogP contribution < -0.4 is 10.9 Å². The predicted octanol–water partition coefficient (Wildman–Crippen LogP) is 2.27. The Labute approximate surface area is 134 Å². The van der Waals surface area contributed by atoms with Crippen LogP contribution in [0.25, 0.3) is 11.4 Å². The van der Waals surface area contributed by atoms with Gasteiger partial charge >= 0.3 is 0 Å². The van der Waals surface area contributed by atoms with E-state index in [0.717, 1.165) is 12.8 Å². The molecule has 0 saturated heterocycles. The lowest BCUT2D eigenvalue weighted by Crippen LogP contribution is -2.34. The molecule has 0 radical (unpaired) electrons. The molecule has 0 aliphatic rings. The normalized spacial score (nSPS) is 10.6. The highest BCUT2D eigenvalue weighted by molar-refractivity contribution is 5.76. The molecule has 0 bridgehead atoms. The summed E-state index contributed by atoms with van der Waals surface area (Å²) >= 11 is 0. The lowest BCUT2D eigenvalue weighted by molar-refractivity contribution is -0.121. The van der Waals surface area contributed by atoms with Gasteiger partial charge in [-0.1, -0.05) is 13.3 Å². The molecule has 2 rings (SSSR count). The highest BCUT2D eigenvalue weighted by Gasteiger charge is 2.13. The Hall–Kier alpha value is -2.50. The number of halogens is 1. The first-order chi connectivity index (χ1) is 11.0. The van der Waals surface area contributed by atoms with Crippen molar-refractivity contribution < 1.29 is 9.18 Å². The maximum atomic E-state index is 13.1. The van der Waals surface area contributed by atoms with Gasteiger partial charge in [0.25, 0.3) is 5.56 Å². The van der Waals surface area contributed by atoms with Crippen molar-refractivity contribution >= 4 is 5.91 Å². The van der Waals surface area contributed by atoms with E-state index in [1.807, 2.05) is 6.92 Å². The molecule has 1 heterocycles. The Morgan fingerprint density at radius 2 is 2.00 bits per heavy atom. The number of hydrogen-bond donors (Lipinski definition) is 1. The van der Waals surface area contributed by atoms with E-state index in [9.17, 15) is 14.0 Å². The number of carbonyl (C=O) groups is 1. The van der Waals surface area contributed by atoms with Gasteiger partial charge in [0, 0.05) is 23.9 Å². The topological polar surface area (TPSA) is 64.0 Å². The van der Waals surface area contributed by atoms with Crippen LogP contribution >= 0.6 is 0 Å². The average molecular weight is 317 g/mol. The first-order valence-corrected chi connectivity index (χ1v) is 7.62. The maximum Gasteiger partial charge on any atom is 0.254 e. The molecule has 0 fully saturated rings. The van der Waals surface area contributed by atoms with Crippen molar-refractivity contribution in [3.05, 3.63) is 52.2 Å². The minimum Gasteiger partial charge on any atom is -0.355 e. The summed E-state index contributed by atoms with van der Waals surface area (Å²) in [7, 11) is 0. The predicted molar refractivity (Wildman–Crippen MR) is 86.5 cm³/mol. The van der Waals surface area contributed by atoms with Gasteiger partial charge in [0.15, 0.2) is 0 Å². The van der Waals surface area contributed by atoms with Gasteiger partial charge in [-0.3, -0.25) is 14.2 Å². The molecule has 23 heavy (non-hydrogen) atoms. The number of aromatic nitrogens is 2. The number of amides is 1. The van der Waals surface area contributed by atoms with Gasteiger partial charge in [0.1, 0.15) is 18.2 Å². The number of aryl methyl sites for hydroxylation is 1. The summed E-state index contributed by atoms with van der Waals surface area (Å²) in [6, 6.07) is 7.07. The number of rotatable bonds is 6. The van der Waals surface area contributed by atoms with Gasteiger partial charge in [-0.05, 0) is 37.6 Å². The van der Waals surface area contributed by atoms with Crippen molar-refractivity contribution in [1.82, 2.24) is 14.9 Å². The molecule has 1 aromatic carbocycles. The van der Waals surface area contributed by atoms with E-state index in [1.54, 1.807) is 19.1 Å². The second kappa shape index (κ2) is 7.67. The third-order valence-electron chi connectivity index (χ3n) is 3.39. The van der Waals surface area contributed by atoms with Crippen LogP contribution in [0.15, 0.2) is 35.1 Å². The Kier molecular flexibility index (Phi) is 5.62. The first-order valence-electron chi connectivity index (χ1n) is 7.62. The van der Waals surface area contributed by atoms with Crippen LogP contribution in [0.5, 0.6) is 0 Å². The van der Waals surface area contributed by atoms with Gasteiger partial charge in [0.05, 0.1) is 0 Å². The smallest absolute Gasteiger partial charge is 0.254 e. The van der Waals surface area contributed by atoms with E-state index in [2.05, 4.69) is 10.3 Å². The summed E-state index contributed by atoms with van der Waals surface area (Å²) in [5, 5.41) is 2.78. The molecule has 1 aromatic heterocycles. The lowest BCUT2D eigenvalue weighted by Gasteiger charge is -2.13. The van der Waals surface area contributed by atoms with Crippen LogP contribution in [0.2, 0.25) is 0 Å². The fourth-order valence-corrected chi connectivity index (χ4v) is 2.20. The SMILES string of the molecule is CCCCNC(=O)Cn1c(-c2ccc(F)cc2)nc(C)cc1=O. The number of hydrogen-bond acceptors (Lipinski definition) is 3. The Morgan fingerprint density at radius 3 is 2.65 bits per heavy atom. The second-order valence-electron chi connectivity index (χ2n) is 5.36. The Morgan fingerprint density at radius 1 is 1.30 bits per heavy atom. The van der Waals surface area contributed by atoms with Gasteiger partial charge < -0.3 is 5.32 Å². The van der Waals surface area contributed by atoms with Crippen molar-refractivity contribution in [3.63, 3.8) is 0 Å². The van der Waals surface area contributed by atoms with Crippen LogP contribution in [0.1, 0.15) is 25.5 Å². The largest absolute Gasteiger partial charge is 0.355 e. The molecular weight excluding hydrogens is 297 g/mol. The highest BCUT2D eigenvalue weighted by Crippen LogP contribution is 2.16. The van der Waals surface area contributed by atoms with E-state index >= 15 is 0 Å². The fourth-order valence-electron chi connectivity index (χ4n) is 2.20. The molecule has 2 aromatic rings. The van der Waals surface area contributed by atoms with Gasteiger partial charge in [-0.25, -0.2) is 9.37 Å². The van der Waals surface area contributed by atoms with E-state index in [-0.39, 0.29) is 23.8 Å². The van der Waals surface area contributed by atoms with Crippen LogP contribution in [0.3, 0.4) is 0 Å². The molecule has 5 nitrogen and oxygen atoms in total. The Balaban J connectivity index is 2.33. The van der Waals surface area contributed by atoms with Crippen LogP contribution in [-0.2, 0) is 11.3 Å². The van der Waals surface area contributed by atoms with Crippen molar-refractivity contribution in [2.24, 2.45) is 0 Å². The summed E-state index contributed by atoms with van der Waals surface area (Å²) in [5.41, 5.74) is 0.841. The molecule has 0 aliphatic heterocycles. The molecule has 1 amide bonds.